The molecule has 0 saturated heterocycles. The van der Waals surface area contributed by atoms with Gasteiger partial charge in [-0.2, -0.15) is 0 Å². The van der Waals surface area contributed by atoms with Crippen molar-refractivity contribution in [2.75, 3.05) is 19.4 Å². The predicted octanol–water partition coefficient (Wildman–Crippen LogP) is 4.38. The summed E-state index contributed by atoms with van der Waals surface area (Å²) in [6.45, 7) is 0.0561. The molecule has 1 saturated carbocycles. The monoisotopic (exact) mass is 497 g/mol. The van der Waals surface area contributed by atoms with Gasteiger partial charge >= 0.3 is 0 Å². The van der Waals surface area contributed by atoms with Gasteiger partial charge in [0.15, 0.2) is 0 Å². The number of amides is 1. The molecule has 35 heavy (non-hydrogen) atoms. The van der Waals surface area contributed by atoms with Crippen LogP contribution in [0.15, 0.2) is 42.6 Å². The Morgan fingerprint density at radius 1 is 1.23 bits per heavy atom. The standard InChI is InChI=1S/C26H29ClFN5O2/c1-35-17-7-5-14(6-8-17)21-13-32-25(30)24(33-21)18-9-10-19(26(31)34)23(28)22(18)20(12-29)15-3-2-4-16(27)11-15/h2-4,9-11,13-14,17,20H,5-8,12,29H2,1H3,(H2,30,32)(H2,31,34)/t14?,17?,20-/m0/s1. The second-order valence-corrected chi connectivity index (χ2v) is 9.27. The maximum atomic E-state index is 15.9. The topological polar surface area (TPSA) is 130 Å². The van der Waals surface area contributed by atoms with Crippen LogP contribution in [0.5, 0.6) is 0 Å². The van der Waals surface area contributed by atoms with Crippen LogP contribution in [0.3, 0.4) is 0 Å². The zero-order chi connectivity index (χ0) is 25.1. The third kappa shape index (κ3) is 5.15. The van der Waals surface area contributed by atoms with Crippen molar-refractivity contribution < 1.29 is 13.9 Å². The lowest BCUT2D eigenvalue weighted by atomic mass is 9.84. The van der Waals surface area contributed by atoms with Crippen molar-refractivity contribution >= 4 is 23.3 Å². The van der Waals surface area contributed by atoms with Gasteiger partial charge in [0.25, 0.3) is 5.91 Å². The van der Waals surface area contributed by atoms with Crippen molar-refractivity contribution in [3.05, 3.63) is 75.8 Å². The Morgan fingerprint density at radius 3 is 2.60 bits per heavy atom. The molecule has 4 rings (SSSR count). The summed E-state index contributed by atoms with van der Waals surface area (Å²) in [5, 5.41) is 0.488. The highest BCUT2D eigenvalue weighted by Gasteiger charge is 2.28. The molecule has 6 N–H and O–H groups in total. The van der Waals surface area contributed by atoms with Crippen molar-refractivity contribution in [1.82, 2.24) is 9.97 Å². The van der Waals surface area contributed by atoms with Gasteiger partial charge in [-0.25, -0.2) is 14.4 Å². The number of aromatic nitrogens is 2. The number of benzene rings is 2. The minimum absolute atomic E-state index is 0.0561. The highest BCUT2D eigenvalue weighted by molar-refractivity contribution is 6.30. The first-order valence-electron chi connectivity index (χ1n) is 11.6. The Kier molecular flexibility index (Phi) is 7.64. The number of anilines is 1. The van der Waals surface area contributed by atoms with E-state index in [1.807, 2.05) is 6.07 Å². The first kappa shape index (κ1) is 25.0. The molecule has 0 radical (unpaired) electrons. The summed E-state index contributed by atoms with van der Waals surface area (Å²) in [4.78, 5) is 21.2. The van der Waals surface area contributed by atoms with E-state index in [9.17, 15) is 4.79 Å². The van der Waals surface area contributed by atoms with Crippen molar-refractivity contribution in [3.8, 4) is 11.3 Å². The van der Waals surface area contributed by atoms with Crippen molar-refractivity contribution in [3.63, 3.8) is 0 Å². The van der Waals surface area contributed by atoms with E-state index in [0.29, 0.717) is 21.8 Å². The fourth-order valence-corrected chi connectivity index (χ4v) is 5.07. The SMILES string of the molecule is COC1CCC(c2cnc(N)c(-c3ccc(C(N)=O)c(F)c3[C@@H](CN)c3cccc(Cl)c3)n2)CC1. The highest BCUT2D eigenvalue weighted by Crippen LogP contribution is 2.39. The molecule has 1 aromatic heterocycles. The zero-order valence-corrected chi connectivity index (χ0v) is 20.3. The molecule has 9 heteroatoms. The van der Waals surface area contributed by atoms with E-state index in [1.165, 1.54) is 6.07 Å². The Labute approximate surface area is 208 Å². The van der Waals surface area contributed by atoms with Crippen LogP contribution < -0.4 is 17.2 Å². The number of carbonyl (C=O) groups excluding carboxylic acids is 1. The molecule has 2 aromatic carbocycles. The second-order valence-electron chi connectivity index (χ2n) is 8.83. The molecule has 1 aliphatic carbocycles. The van der Waals surface area contributed by atoms with E-state index in [1.54, 1.807) is 37.6 Å². The Bertz CT molecular complexity index is 1230. The molecule has 0 unspecified atom stereocenters. The molecular weight excluding hydrogens is 469 g/mol. The largest absolute Gasteiger partial charge is 0.382 e. The highest BCUT2D eigenvalue weighted by atomic mass is 35.5. The van der Waals surface area contributed by atoms with Gasteiger partial charge in [0.1, 0.15) is 17.3 Å². The van der Waals surface area contributed by atoms with Gasteiger partial charge in [0.2, 0.25) is 0 Å². The van der Waals surface area contributed by atoms with Gasteiger partial charge in [0, 0.05) is 41.6 Å². The van der Waals surface area contributed by atoms with Crippen LogP contribution in [0.2, 0.25) is 5.02 Å². The molecule has 184 valence electrons. The molecular formula is C26H29ClFN5O2. The molecule has 1 fully saturated rings. The van der Waals surface area contributed by atoms with Crippen molar-refractivity contribution in [2.45, 2.75) is 43.6 Å². The summed E-state index contributed by atoms with van der Waals surface area (Å²) in [5.41, 5.74) is 20.1. The number of nitrogens with zero attached hydrogens (tertiary/aromatic N) is 2. The van der Waals surface area contributed by atoms with Crippen LogP contribution in [0, 0.1) is 5.82 Å². The van der Waals surface area contributed by atoms with Gasteiger partial charge in [-0.1, -0.05) is 29.8 Å². The molecule has 0 aliphatic heterocycles. The average Bonchev–Trinajstić information content (AvgIpc) is 2.86. The Balaban J connectivity index is 1.86. The van der Waals surface area contributed by atoms with E-state index in [0.717, 1.165) is 31.4 Å². The number of hydrogen-bond acceptors (Lipinski definition) is 6. The van der Waals surface area contributed by atoms with Crippen LogP contribution in [0.1, 0.15) is 64.7 Å². The summed E-state index contributed by atoms with van der Waals surface area (Å²) in [6, 6.07) is 9.97. The number of halogens is 2. The fourth-order valence-electron chi connectivity index (χ4n) is 4.88. The summed E-state index contributed by atoms with van der Waals surface area (Å²) >= 11 is 6.20. The Hall–Kier alpha value is -3.07. The smallest absolute Gasteiger partial charge is 0.251 e. The van der Waals surface area contributed by atoms with Crippen LogP contribution >= 0.6 is 11.6 Å². The van der Waals surface area contributed by atoms with Gasteiger partial charge in [0.05, 0.1) is 23.6 Å². The lowest BCUT2D eigenvalue weighted by Crippen LogP contribution is -2.21. The quantitative estimate of drug-likeness (QED) is 0.444. The van der Waals surface area contributed by atoms with E-state index in [-0.39, 0.29) is 35.5 Å². The summed E-state index contributed by atoms with van der Waals surface area (Å²) < 4.78 is 21.3. The third-order valence-corrected chi connectivity index (χ3v) is 7.02. The first-order chi connectivity index (χ1) is 16.8. The molecule has 1 amide bonds. The molecule has 1 atom stereocenters. The maximum Gasteiger partial charge on any atom is 0.251 e. The van der Waals surface area contributed by atoms with Gasteiger partial charge in [-0.15, -0.1) is 0 Å². The molecule has 7 nitrogen and oxygen atoms in total. The number of methoxy groups -OCH3 is 1. The summed E-state index contributed by atoms with van der Waals surface area (Å²) in [6.07, 6.45) is 5.61. The molecule has 0 bridgehead atoms. The van der Waals surface area contributed by atoms with Gasteiger partial charge < -0.3 is 21.9 Å². The summed E-state index contributed by atoms with van der Waals surface area (Å²) in [5.74, 6) is -1.89. The minimum atomic E-state index is -0.875. The minimum Gasteiger partial charge on any atom is -0.382 e. The predicted molar refractivity (Wildman–Crippen MR) is 135 cm³/mol. The number of nitrogens with two attached hydrogens (primary N) is 3. The number of rotatable bonds is 7. The normalized spacial score (nSPS) is 18.9. The van der Waals surface area contributed by atoms with Gasteiger partial charge in [-0.05, 0) is 49.4 Å². The molecule has 0 spiro atoms. The molecule has 1 heterocycles. The number of primary amides is 1. The van der Waals surface area contributed by atoms with Gasteiger partial charge in [-0.3, -0.25) is 4.79 Å². The van der Waals surface area contributed by atoms with Crippen molar-refractivity contribution in [2.24, 2.45) is 11.5 Å². The fraction of sp³-hybridized carbons (Fsp3) is 0.346. The van der Waals surface area contributed by atoms with E-state index < -0.39 is 17.6 Å². The van der Waals surface area contributed by atoms with E-state index in [4.69, 9.17) is 38.5 Å². The zero-order valence-electron chi connectivity index (χ0n) is 19.5. The second kappa shape index (κ2) is 10.7. The Morgan fingerprint density at radius 2 is 1.97 bits per heavy atom. The van der Waals surface area contributed by atoms with E-state index in [2.05, 4.69) is 4.98 Å². The lowest BCUT2D eigenvalue weighted by molar-refractivity contribution is 0.0655. The van der Waals surface area contributed by atoms with Crippen LogP contribution in [0.4, 0.5) is 10.2 Å². The first-order valence-corrected chi connectivity index (χ1v) is 11.9. The number of ether oxygens (including phenoxy) is 1. The number of carbonyl (C=O) groups is 1. The summed E-state index contributed by atoms with van der Waals surface area (Å²) in [7, 11) is 1.73. The molecule has 3 aromatic rings. The third-order valence-electron chi connectivity index (χ3n) is 6.78. The molecule has 1 aliphatic rings. The van der Waals surface area contributed by atoms with Crippen LogP contribution in [0.25, 0.3) is 11.3 Å². The number of nitrogen functional groups attached to an aromatic ring is 1. The lowest BCUT2D eigenvalue weighted by Gasteiger charge is -2.27. The van der Waals surface area contributed by atoms with Crippen LogP contribution in [-0.2, 0) is 4.74 Å². The van der Waals surface area contributed by atoms with E-state index >= 15 is 4.39 Å². The number of hydrogen-bond donors (Lipinski definition) is 3. The van der Waals surface area contributed by atoms with Crippen molar-refractivity contribution in [1.29, 1.82) is 0 Å². The van der Waals surface area contributed by atoms with Crippen LogP contribution in [-0.4, -0.2) is 35.6 Å². The maximum absolute atomic E-state index is 15.9. The average molecular weight is 498 g/mol.